The lowest BCUT2D eigenvalue weighted by atomic mass is 15.8. The first-order chi connectivity index (χ1) is 2.00. The Hall–Kier alpha value is 0.579. The van der Waals surface area contributed by atoms with E-state index in [-0.39, 0.29) is 33.8 Å². The molecule has 8 heavy (non-hydrogen) atoms. The molecule has 0 saturated heterocycles. The van der Waals surface area contributed by atoms with Gasteiger partial charge in [-0.05, 0) is 0 Å². The Morgan fingerprint density at radius 3 is 1.12 bits per heavy atom. The Morgan fingerprint density at radius 2 is 1.12 bits per heavy atom. The smallest absolute Gasteiger partial charge is 0.0311 e. The summed E-state index contributed by atoms with van der Waals surface area (Å²) in [4.78, 5) is 0. The van der Waals surface area contributed by atoms with Gasteiger partial charge in [0.1, 0.15) is 0 Å². The molecule has 5 nitrogen and oxygen atoms in total. The van der Waals surface area contributed by atoms with Crippen molar-refractivity contribution in [3.8, 4) is 0 Å². The molecule has 7 radical (unpaired) electrons. The van der Waals surface area contributed by atoms with E-state index < -0.39 is 10.4 Å². The molecule has 0 amide bonds. The Balaban J connectivity index is -0.0000000267. The second kappa shape index (κ2) is 7.58. The fourth-order valence-electron chi connectivity index (χ4n) is 0. The maximum absolute atomic E-state index is 8.52. The van der Waals surface area contributed by atoms with Gasteiger partial charge in [-0.15, -0.1) is 0 Å². The minimum atomic E-state index is -5.17. The largest absolute Gasteiger partial charge is 0.759 e. The molecule has 0 aromatic rings. The summed E-state index contributed by atoms with van der Waals surface area (Å²) >= 11 is 0. The van der Waals surface area contributed by atoms with Gasteiger partial charge >= 0.3 is 0 Å². The minimum absolute atomic E-state index is 0. The van der Waals surface area contributed by atoms with Crippen LogP contribution in [0.5, 0.6) is 0 Å². The molecule has 47 valence electrons. The maximum Gasteiger partial charge on any atom is 0.0311 e. The van der Waals surface area contributed by atoms with Crippen LogP contribution < -0.4 is 0 Å². The molecule has 0 aromatic carbocycles. The standard InChI is InChI=1S/Al.H2O4S.H2O.Si/c;1-5(2,3)4;;/h;(H2,1,2,3,4);1H2;/p-2. The highest BCUT2D eigenvalue weighted by Gasteiger charge is 1.49. The first kappa shape index (κ1) is 23.5. The molecule has 0 rings (SSSR count). The third-order valence-corrected chi connectivity index (χ3v) is 0. The first-order valence-electron chi connectivity index (χ1n) is 0.667. The minimum Gasteiger partial charge on any atom is -0.759 e. The van der Waals surface area contributed by atoms with E-state index in [1.54, 1.807) is 0 Å². The molecule has 0 atom stereocenters. The van der Waals surface area contributed by atoms with Crippen molar-refractivity contribution in [3.63, 3.8) is 0 Å². The van der Waals surface area contributed by atoms with Crippen molar-refractivity contribution in [2.45, 2.75) is 0 Å². The Morgan fingerprint density at radius 1 is 1.12 bits per heavy atom. The molecular formula is H2AlO5SSi-2. The zero-order valence-electron chi connectivity index (χ0n) is 3.62. The van der Waals surface area contributed by atoms with Gasteiger partial charge in [0.2, 0.25) is 0 Å². The molecule has 0 unspecified atom stereocenters. The van der Waals surface area contributed by atoms with Gasteiger partial charge in [0, 0.05) is 38.7 Å². The molecule has 0 heterocycles. The number of rotatable bonds is 0. The molecule has 0 aliphatic rings. The molecular weight excluding hydrogens is 167 g/mol. The van der Waals surface area contributed by atoms with Crippen molar-refractivity contribution in [2.75, 3.05) is 0 Å². The van der Waals surface area contributed by atoms with Crippen molar-refractivity contribution < 1.29 is 23.0 Å². The summed E-state index contributed by atoms with van der Waals surface area (Å²) in [6, 6.07) is 0. The summed E-state index contributed by atoms with van der Waals surface area (Å²) in [7, 11) is -5.17. The number of hydrogen-bond acceptors (Lipinski definition) is 4. The fraction of sp³-hybridized carbons (Fsp3) is 0. The van der Waals surface area contributed by atoms with E-state index in [0.29, 0.717) is 0 Å². The second-order valence-corrected chi connectivity index (χ2v) is 1.22. The summed E-state index contributed by atoms with van der Waals surface area (Å²) in [5.74, 6) is 0. The summed E-state index contributed by atoms with van der Waals surface area (Å²) in [6.45, 7) is 0. The highest BCUT2D eigenvalue weighted by molar-refractivity contribution is 7.79. The van der Waals surface area contributed by atoms with Gasteiger partial charge in [0.05, 0.1) is 0 Å². The third-order valence-electron chi connectivity index (χ3n) is 0. The molecule has 0 saturated carbocycles. The van der Waals surface area contributed by atoms with Gasteiger partial charge < -0.3 is 14.6 Å². The maximum atomic E-state index is 8.52. The van der Waals surface area contributed by atoms with Crippen LogP contribution in [-0.4, -0.2) is 51.3 Å². The van der Waals surface area contributed by atoms with E-state index in [1.807, 2.05) is 0 Å². The topological polar surface area (TPSA) is 112 Å². The summed E-state index contributed by atoms with van der Waals surface area (Å²) < 4.78 is 34.1. The van der Waals surface area contributed by atoms with Crippen LogP contribution in [0.4, 0.5) is 0 Å². The zero-order valence-corrected chi connectivity index (χ0v) is 6.59. The van der Waals surface area contributed by atoms with Crippen molar-refractivity contribution in [1.29, 1.82) is 0 Å². The van der Waals surface area contributed by atoms with E-state index in [2.05, 4.69) is 0 Å². The fourth-order valence-corrected chi connectivity index (χ4v) is 0. The normalized spacial score (nSPS) is 7.25. The summed E-state index contributed by atoms with van der Waals surface area (Å²) in [5, 5.41) is 0. The monoisotopic (exact) mass is 169 g/mol. The van der Waals surface area contributed by atoms with Crippen LogP contribution >= 0.6 is 0 Å². The third kappa shape index (κ3) is 610. The van der Waals surface area contributed by atoms with E-state index in [9.17, 15) is 0 Å². The van der Waals surface area contributed by atoms with Crippen molar-refractivity contribution >= 4 is 38.7 Å². The van der Waals surface area contributed by atoms with E-state index in [4.69, 9.17) is 17.5 Å². The zero-order chi connectivity index (χ0) is 4.50. The van der Waals surface area contributed by atoms with Crippen LogP contribution in [0, 0.1) is 0 Å². The average Bonchev–Trinajstić information content (AvgIpc) is 0.722. The lowest BCUT2D eigenvalue weighted by molar-refractivity contribution is 0.352. The molecule has 0 aliphatic carbocycles. The molecule has 8 heteroatoms. The molecule has 0 aromatic heterocycles. The summed E-state index contributed by atoms with van der Waals surface area (Å²) in [6.07, 6.45) is 0. The van der Waals surface area contributed by atoms with Crippen LogP contribution in [-0.2, 0) is 10.4 Å². The lowest BCUT2D eigenvalue weighted by Crippen LogP contribution is -1.91. The summed E-state index contributed by atoms with van der Waals surface area (Å²) in [5.41, 5.74) is 0. The van der Waals surface area contributed by atoms with Crippen molar-refractivity contribution in [3.05, 3.63) is 0 Å². The highest BCUT2D eigenvalue weighted by Crippen LogP contribution is 1.57. The Kier molecular flexibility index (Phi) is 22.3. The van der Waals surface area contributed by atoms with E-state index in [0.717, 1.165) is 0 Å². The van der Waals surface area contributed by atoms with Crippen molar-refractivity contribution in [1.82, 2.24) is 0 Å². The van der Waals surface area contributed by atoms with E-state index in [1.165, 1.54) is 0 Å². The van der Waals surface area contributed by atoms with E-state index >= 15 is 0 Å². The average molecular weight is 169 g/mol. The van der Waals surface area contributed by atoms with Gasteiger partial charge in [-0.25, -0.2) is 0 Å². The molecule has 0 aliphatic heterocycles. The second-order valence-electron chi connectivity index (χ2n) is 0.408. The molecule has 0 bridgehead atoms. The first-order valence-corrected chi connectivity index (χ1v) is 2.00. The number of hydrogen-bond donors (Lipinski definition) is 0. The van der Waals surface area contributed by atoms with Gasteiger partial charge in [-0.3, -0.25) is 8.42 Å². The van der Waals surface area contributed by atoms with Crippen LogP contribution in [0.15, 0.2) is 0 Å². The SMILES string of the molecule is O.O=S(=O)([O-])[O-].[Al].[Si]. The Labute approximate surface area is 62.1 Å². The molecule has 0 fully saturated rings. The van der Waals surface area contributed by atoms with Gasteiger partial charge in [-0.2, -0.15) is 0 Å². The van der Waals surface area contributed by atoms with Crippen LogP contribution in [0.25, 0.3) is 0 Å². The molecule has 2 N–H and O–H groups in total. The van der Waals surface area contributed by atoms with Crippen molar-refractivity contribution in [2.24, 2.45) is 0 Å². The Bertz CT molecular complexity index is 95.6. The van der Waals surface area contributed by atoms with Crippen LogP contribution in [0.3, 0.4) is 0 Å². The highest BCUT2D eigenvalue weighted by atomic mass is 32.3. The quantitative estimate of drug-likeness (QED) is 0.219. The van der Waals surface area contributed by atoms with Crippen LogP contribution in [0.2, 0.25) is 0 Å². The van der Waals surface area contributed by atoms with Gasteiger partial charge in [0.25, 0.3) is 0 Å². The van der Waals surface area contributed by atoms with Gasteiger partial charge in [-0.1, -0.05) is 0 Å². The lowest BCUT2D eigenvalue weighted by Gasteiger charge is -2.06. The predicted octanol–water partition coefficient (Wildman–Crippen LogP) is -2.92. The predicted molar refractivity (Wildman–Crippen MR) is 25.6 cm³/mol. The van der Waals surface area contributed by atoms with Crippen LogP contribution in [0.1, 0.15) is 0 Å². The molecule has 0 spiro atoms. The van der Waals surface area contributed by atoms with Gasteiger partial charge in [0.15, 0.2) is 0 Å².